The second-order valence-electron chi connectivity index (χ2n) is 11.3. The molecule has 3 amide bonds. The Hall–Kier alpha value is -3.40. The Morgan fingerprint density at radius 3 is 2.50 bits per heavy atom. The second-order valence-corrected chi connectivity index (χ2v) is 11.8. The molecule has 10 heteroatoms. The van der Waals surface area contributed by atoms with E-state index in [0.717, 1.165) is 68.6 Å². The third-order valence-electron chi connectivity index (χ3n) is 8.44. The van der Waals surface area contributed by atoms with Crippen LogP contribution in [-0.2, 0) is 27.8 Å². The second kappa shape index (κ2) is 13.7. The number of halogens is 1. The smallest absolute Gasteiger partial charge is 0.268 e. The molecule has 1 atom stereocenters. The topological polar surface area (TPSA) is 105 Å². The van der Waals surface area contributed by atoms with Crippen molar-refractivity contribution in [2.75, 3.05) is 39.4 Å². The maximum Gasteiger partial charge on any atom is 0.268 e. The Balaban J connectivity index is 1.27. The molecule has 5 rings (SSSR count). The largest absolute Gasteiger partial charge is 0.379 e. The third-order valence-corrected chi connectivity index (χ3v) is 8.68. The van der Waals surface area contributed by atoms with Gasteiger partial charge in [-0.15, -0.1) is 0 Å². The molecule has 0 unspecified atom stereocenters. The number of rotatable bonds is 11. The average Bonchev–Trinajstić information content (AvgIpc) is 3.61. The quantitative estimate of drug-likeness (QED) is 0.296. The Bertz CT molecular complexity index is 1400. The summed E-state index contributed by atoms with van der Waals surface area (Å²) in [5, 5.41) is 10.6. The number of amides is 3. The predicted octanol–water partition coefficient (Wildman–Crippen LogP) is 3.44. The first-order valence-electron chi connectivity index (χ1n) is 14.8. The summed E-state index contributed by atoms with van der Waals surface area (Å²) in [6, 6.07) is 16.2. The first-order chi connectivity index (χ1) is 20.3. The molecule has 0 bridgehead atoms. The Labute approximate surface area is 251 Å². The van der Waals surface area contributed by atoms with Crippen LogP contribution in [0.1, 0.15) is 48.2 Å². The van der Waals surface area contributed by atoms with Gasteiger partial charge < -0.3 is 25.3 Å². The van der Waals surface area contributed by atoms with E-state index in [1.165, 1.54) is 0 Å². The van der Waals surface area contributed by atoms with Crippen LogP contribution in [0, 0.1) is 0 Å². The normalized spacial score (nSPS) is 17.6. The van der Waals surface area contributed by atoms with Crippen LogP contribution in [0.25, 0.3) is 10.9 Å². The van der Waals surface area contributed by atoms with Crippen molar-refractivity contribution in [3.63, 3.8) is 0 Å². The number of hydrogen-bond acceptors (Lipinski definition) is 5. The fourth-order valence-electron chi connectivity index (χ4n) is 6.01. The van der Waals surface area contributed by atoms with Gasteiger partial charge in [-0.05, 0) is 49.6 Å². The van der Waals surface area contributed by atoms with Crippen molar-refractivity contribution in [3.05, 3.63) is 70.9 Å². The van der Waals surface area contributed by atoms with Gasteiger partial charge in [-0.2, -0.15) is 0 Å². The van der Waals surface area contributed by atoms with Crippen molar-refractivity contribution in [2.24, 2.45) is 7.05 Å². The molecule has 2 aromatic carbocycles. The highest BCUT2D eigenvalue weighted by molar-refractivity contribution is 6.31. The summed E-state index contributed by atoms with van der Waals surface area (Å²) in [6.07, 6.45) is 3.83. The van der Waals surface area contributed by atoms with Crippen LogP contribution in [0.5, 0.6) is 0 Å². The first-order valence-corrected chi connectivity index (χ1v) is 15.2. The molecule has 2 aliphatic rings. The van der Waals surface area contributed by atoms with E-state index in [-0.39, 0.29) is 17.7 Å². The van der Waals surface area contributed by atoms with Crippen LogP contribution in [-0.4, -0.2) is 78.2 Å². The molecule has 0 radical (unpaired) electrons. The zero-order valence-electron chi connectivity index (χ0n) is 24.2. The molecular weight excluding hydrogens is 554 g/mol. The number of nitrogens with one attached hydrogen (secondary N) is 3. The molecular formula is C32H40ClN5O4. The molecule has 1 aliphatic heterocycles. The highest BCUT2D eigenvalue weighted by Gasteiger charge is 2.44. The third kappa shape index (κ3) is 7.14. The van der Waals surface area contributed by atoms with Crippen molar-refractivity contribution in [1.29, 1.82) is 0 Å². The van der Waals surface area contributed by atoms with Crippen molar-refractivity contribution < 1.29 is 19.1 Å². The van der Waals surface area contributed by atoms with Crippen LogP contribution in [0.15, 0.2) is 54.6 Å². The highest BCUT2D eigenvalue weighted by Crippen LogP contribution is 2.31. The lowest BCUT2D eigenvalue weighted by Gasteiger charge is -2.31. The summed E-state index contributed by atoms with van der Waals surface area (Å²) in [5.74, 6) is -0.868. The van der Waals surface area contributed by atoms with E-state index in [1.54, 1.807) is 10.6 Å². The van der Waals surface area contributed by atoms with Crippen LogP contribution in [0.2, 0.25) is 5.02 Å². The SMILES string of the molecule is Cn1c(C(=O)NC2(C(=O)N[C@H](Cc3ccccc3)C(=O)NCCCN3CCOCC3)CCCC2)cc2ccc(Cl)cc21. The van der Waals surface area contributed by atoms with Gasteiger partial charge in [0, 0.05) is 49.0 Å². The molecule has 3 aromatic rings. The van der Waals surface area contributed by atoms with E-state index in [1.807, 2.05) is 55.6 Å². The monoisotopic (exact) mass is 593 g/mol. The lowest BCUT2D eigenvalue weighted by Crippen LogP contribution is -2.61. The maximum atomic E-state index is 13.9. The molecule has 1 saturated heterocycles. The Kier molecular flexibility index (Phi) is 9.82. The maximum absolute atomic E-state index is 13.9. The van der Waals surface area contributed by atoms with E-state index in [4.69, 9.17) is 16.3 Å². The molecule has 224 valence electrons. The molecule has 2 fully saturated rings. The van der Waals surface area contributed by atoms with Crippen LogP contribution in [0.4, 0.5) is 0 Å². The van der Waals surface area contributed by atoms with E-state index in [0.29, 0.717) is 36.5 Å². The average molecular weight is 594 g/mol. The molecule has 42 heavy (non-hydrogen) atoms. The van der Waals surface area contributed by atoms with Gasteiger partial charge in [0.15, 0.2) is 0 Å². The summed E-state index contributed by atoms with van der Waals surface area (Å²) in [4.78, 5) is 43.2. The number of morpholine rings is 1. The van der Waals surface area contributed by atoms with Gasteiger partial charge in [0.05, 0.1) is 13.2 Å². The minimum atomic E-state index is -1.09. The summed E-state index contributed by atoms with van der Waals surface area (Å²) < 4.78 is 7.20. The molecule has 3 N–H and O–H groups in total. The van der Waals surface area contributed by atoms with Crippen molar-refractivity contribution in [2.45, 2.75) is 50.1 Å². The molecule has 2 heterocycles. The van der Waals surface area contributed by atoms with Gasteiger partial charge in [0.1, 0.15) is 17.3 Å². The number of aryl methyl sites for hydroxylation is 1. The molecule has 1 saturated carbocycles. The van der Waals surface area contributed by atoms with Gasteiger partial charge in [-0.1, -0.05) is 60.8 Å². The lowest BCUT2D eigenvalue weighted by molar-refractivity contribution is -0.132. The number of carbonyl (C=O) groups is 3. The van der Waals surface area contributed by atoms with Gasteiger partial charge in [0.2, 0.25) is 11.8 Å². The predicted molar refractivity (Wildman–Crippen MR) is 164 cm³/mol. The Morgan fingerprint density at radius 2 is 1.76 bits per heavy atom. The Morgan fingerprint density at radius 1 is 1.02 bits per heavy atom. The van der Waals surface area contributed by atoms with Crippen molar-refractivity contribution in [1.82, 2.24) is 25.4 Å². The fourth-order valence-corrected chi connectivity index (χ4v) is 6.17. The number of hydrogen-bond donors (Lipinski definition) is 3. The lowest BCUT2D eigenvalue weighted by atomic mass is 9.94. The molecule has 9 nitrogen and oxygen atoms in total. The summed E-state index contributed by atoms with van der Waals surface area (Å²) in [5.41, 5.74) is 1.15. The first kappa shape index (κ1) is 30.1. The fraction of sp³-hybridized carbons (Fsp3) is 0.469. The number of ether oxygens (including phenoxy) is 1. The van der Waals surface area contributed by atoms with Gasteiger partial charge in [-0.25, -0.2) is 0 Å². The van der Waals surface area contributed by atoms with Gasteiger partial charge in [-0.3, -0.25) is 19.3 Å². The minimum Gasteiger partial charge on any atom is -0.379 e. The number of fused-ring (bicyclic) bond motifs is 1. The molecule has 1 aliphatic carbocycles. The van der Waals surface area contributed by atoms with Crippen LogP contribution in [0.3, 0.4) is 0 Å². The summed E-state index contributed by atoms with van der Waals surface area (Å²) >= 11 is 6.18. The van der Waals surface area contributed by atoms with E-state index in [2.05, 4.69) is 20.9 Å². The number of benzene rings is 2. The van der Waals surface area contributed by atoms with E-state index in [9.17, 15) is 14.4 Å². The summed E-state index contributed by atoms with van der Waals surface area (Å²) in [6.45, 7) is 4.69. The van der Waals surface area contributed by atoms with Gasteiger partial charge >= 0.3 is 0 Å². The zero-order chi connectivity index (χ0) is 29.5. The minimum absolute atomic E-state index is 0.223. The number of nitrogens with zero attached hydrogens (tertiary/aromatic N) is 2. The van der Waals surface area contributed by atoms with E-state index >= 15 is 0 Å². The van der Waals surface area contributed by atoms with Crippen molar-refractivity contribution in [3.8, 4) is 0 Å². The molecule has 0 spiro atoms. The summed E-state index contributed by atoms with van der Waals surface area (Å²) in [7, 11) is 1.81. The zero-order valence-corrected chi connectivity index (χ0v) is 24.9. The molecule has 1 aromatic heterocycles. The van der Waals surface area contributed by atoms with E-state index < -0.39 is 11.6 Å². The standard InChI is InChI=1S/C32H40ClN5O4/c1-37-27-22-25(33)11-10-24(27)21-28(37)30(40)36-32(12-5-6-13-32)31(41)35-26(20-23-8-3-2-4-9-23)29(39)34-14-7-15-38-16-18-42-19-17-38/h2-4,8-11,21-22,26H,5-7,12-20H2,1H3,(H,34,39)(H,35,41)(H,36,40)/t26-/m1/s1. The number of carbonyl (C=O) groups excluding carboxylic acids is 3. The van der Waals surface area contributed by atoms with Gasteiger partial charge in [0.25, 0.3) is 5.91 Å². The number of aromatic nitrogens is 1. The van der Waals surface area contributed by atoms with Crippen LogP contribution < -0.4 is 16.0 Å². The van der Waals surface area contributed by atoms with Crippen LogP contribution >= 0.6 is 11.6 Å². The van der Waals surface area contributed by atoms with Crippen molar-refractivity contribution >= 4 is 40.2 Å². The highest BCUT2D eigenvalue weighted by atomic mass is 35.5.